The summed E-state index contributed by atoms with van der Waals surface area (Å²) in [6, 6.07) is 11.3. The Morgan fingerprint density at radius 3 is 2.09 bits per heavy atom. The summed E-state index contributed by atoms with van der Waals surface area (Å²) >= 11 is 0. The van der Waals surface area contributed by atoms with Gasteiger partial charge in [0.25, 0.3) is 11.5 Å². The van der Waals surface area contributed by atoms with Crippen molar-refractivity contribution >= 4 is 5.91 Å². The van der Waals surface area contributed by atoms with Gasteiger partial charge >= 0.3 is 6.18 Å². The Morgan fingerprint density at radius 1 is 1.03 bits per heavy atom. The molecule has 32 heavy (non-hydrogen) atoms. The van der Waals surface area contributed by atoms with Crippen molar-refractivity contribution in [2.45, 2.75) is 39.4 Å². The van der Waals surface area contributed by atoms with Crippen molar-refractivity contribution in [3.63, 3.8) is 0 Å². The van der Waals surface area contributed by atoms with Gasteiger partial charge in [-0.25, -0.2) is 0 Å². The minimum atomic E-state index is -4.72. The monoisotopic (exact) mass is 442 g/mol. The molecule has 0 unspecified atom stereocenters. The number of rotatable bonds is 3. The molecular formula is C24H21F3N2O3. The van der Waals surface area contributed by atoms with Gasteiger partial charge in [-0.15, -0.1) is 0 Å². The Hall–Kier alpha value is -3.55. The Labute approximate surface area is 182 Å². The standard InChI is InChI=1S/C24H21F3N2O3/c1-4-14-11-19(24(25,26)27)28-22(30)20(14)23(31)29-21-15-7-5-12(2)9-17(15)32-18-10-13(3)6-8-16(18)21/h5-11,21H,4H2,1-3H3,(H,28,30)(H,29,31). The highest BCUT2D eigenvalue weighted by Crippen LogP contribution is 2.43. The van der Waals surface area contributed by atoms with E-state index in [1.54, 1.807) is 11.9 Å². The number of benzene rings is 2. The summed E-state index contributed by atoms with van der Waals surface area (Å²) in [6.07, 6.45) is -4.62. The van der Waals surface area contributed by atoms with Gasteiger partial charge in [-0.3, -0.25) is 9.59 Å². The third-order valence-electron chi connectivity index (χ3n) is 5.48. The summed E-state index contributed by atoms with van der Waals surface area (Å²) in [5.41, 5.74) is 0.782. The lowest BCUT2D eigenvalue weighted by Crippen LogP contribution is -2.36. The number of fused-ring (bicyclic) bond motifs is 2. The summed E-state index contributed by atoms with van der Waals surface area (Å²) in [5.74, 6) is 0.401. The van der Waals surface area contributed by atoms with E-state index in [1.165, 1.54) is 0 Å². The molecule has 0 saturated heterocycles. The first kappa shape index (κ1) is 21.7. The highest BCUT2D eigenvalue weighted by Gasteiger charge is 2.35. The number of halogens is 3. The van der Waals surface area contributed by atoms with E-state index >= 15 is 0 Å². The average molecular weight is 442 g/mol. The molecule has 0 saturated carbocycles. The van der Waals surface area contributed by atoms with Crippen LogP contribution in [-0.2, 0) is 12.6 Å². The van der Waals surface area contributed by atoms with Crippen LogP contribution in [0, 0.1) is 13.8 Å². The number of amides is 1. The second-order valence-electron chi connectivity index (χ2n) is 7.85. The smallest absolute Gasteiger partial charge is 0.431 e. The lowest BCUT2D eigenvalue weighted by Gasteiger charge is -2.29. The minimum absolute atomic E-state index is 0.0268. The average Bonchev–Trinajstić information content (AvgIpc) is 2.71. The van der Waals surface area contributed by atoms with Crippen molar-refractivity contribution in [2.24, 2.45) is 0 Å². The van der Waals surface area contributed by atoms with Crippen LogP contribution < -0.4 is 15.6 Å². The third-order valence-corrected chi connectivity index (χ3v) is 5.48. The summed E-state index contributed by atoms with van der Waals surface area (Å²) in [6.45, 7) is 5.42. The van der Waals surface area contributed by atoms with Gasteiger partial charge in [-0.2, -0.15) is 13.2 Å². The molecule has 0 atom stereocenters. The lowest BCUT2D eigenvalue weighted by molar-refractivity contribution is -0.141. The number of ether oxygens (including phenoxy) is 1. The number of aryl methyl sites for hydroxylation is 3. The summed E-state index contributed by atoms with van der Waals surface area (Å²) in [5, 5.41) is 2.84. The topological polar surface area (TPSA) is 71.2 Å². The number of carbonyl (C=O) groups excluding carboxylic acids is 1. The van der Waals surface area contributed by atoms with Crippen LogP contribution in [0.15, 0.2) is 47.3 Å². The summed E-state index contributed by atoms with van der Waals surface area (Å²) in [7, 11) is 0. The Kier molecular flexibility index (Phi) is 5.32. The zero-order chi connectivity index (χ0) is 23.2. The molecule has 8 heteroatoms. The lowest BCUT2D eigenvalue weighted by atomic mass is 9.92. The Bertz CT molecular complexity index is 1230. The number of carbonyl (C=O) groups is 1. The third kappa shape index (κ3) is 3.88. The first-order chi connectivity index (χ1) is 15.1. The van der Waals surface area contributed by atoms with Gasteiger partial charge in [-0.05, 0) is 55.2 Å². The van der Waals surface area contributed by atoms with Crippen LogP contribution in [0.5, 0.6) is 11.5 Å². The van der Waals surface area contributed by atoms with E-state index in [4.69, 9.17) is 4.74 Å². The number of hydrogen-bond acceptors (Lipinski definition) is 3. The molecule has 0 spiro atoms. The largest absolute Gasteiger partial charge is 0.457 e. The second kappa shape index (κ2) is 7.85. The number of aromatic nitrogens is 1. The van der Waals surface area contributed by atoms with Gasteiger partial charge < -0.3 is 15.0 Å². The summed E-state index contributed by atoms with van der Waals surface area (Å²) < 4.78 is 45.3. The van der Waals surface area contributed by atoms with Gasteiger partial charge in [-0.1, -0.05) is 31.2 Å². The number of nitrogens with one attached hydrogen (secondary N) is 2. The fourth-order valence-electron chi connectivity index (χ4n) is 3.88. The molecular weight excluding hydrogens is 421 g/mol. The van der Waals surface area contributed by atoms with Crippen LogP contribution in [-0.4, -0.2) is 10.9 Å². The molecule has 166 valence electrons. The molecule has 0 aliphatic carbocycles. The van der Waals surface area contributed by atoms with Crippen molar-refractivity contribution in [2.75, 3.05) is 0 Å². The summed E-state index contributed by atoms with van der Waals surface area (Å²) in [4.78, 5) is 27.5. The van der Waals surface area contributed by atoms with Crippen molar-refractivity contribution in [1.82, 2.24) is 10.3 Å². The number of aromatic amines is 1. The van der Waals surface area contributed by atoms with Gasteiger partial charge in [0.15, 0.2) is 0 Å². The normalized spacial score (nSPS) is 13.2. The molecule has 2 N–H and O–H groups in total. The maximum absolute atomic E-state index is 13.2. The zero-order valence-electron chi connectivity index (χ0n) is 17.7. The molecule has 1 amide bonds. The number of alkyl halides is 3. The molecule has 1 aliphatic heterocycles. The van der Waals surface area contributed by atoms with Gasteiger partial charge in [0.2, 0.25) is 0 Å². The fourth-order valence-corrected chi connectivity index (χ4v) is 3.88. The van der Waals surface area contributed by atoms with Crippen molar-refractivity contribution in [3.8, 4) is 11.5 Å². The Morgan fingerprint density at radius 2 is 1.59 bits per heavy atom. The first-order valence-corrected chi connectivity index (χ1v) is 10.1. The first-order valence-electron chi connectivity index (χ1n) is 10.1. The zero-order valence-corrected chi connectivity index (χ0v) is 17.7. The maximum atomic E-state index is 13.2. The van der Waals surface area contributed by atoms with Crippen molar-refractivity contribution in [3.05, 3.63) is 91.9 Å². The minimum Gasteiger partial charge on any atom is -0.457 e. The van der Waals surface area contributed by atoms with Crippen molar-refractivity contribution in [1.29, 1.82) is 0 Å². The molecule has 0 fully saturated rings. The molecule has 0 radical (unpaired) electrons. The van der Waals surface area contributed by atoms with Crippen LogP contribution >= 0.6 is 0 Å². The molecule has 0 bridgehead atoms. The highest BCUT2D eigenvalue weighted by molar-refractivity contribution is 5.96. The predicted molar refractivity (Wildman–Crippen MR) is 113 cm³/mol. The molecule has 2 heterocycles. The number of hydrogen-bond donors (Lipinski definition) is 2. The van der Waals surface area contributed by atoms with E-state index in [0.29, 0.717) is 22.6 Å². The number of H-pyrrole nitrogens is 1. The molecule has 2 aromatic carbocycles. The SMILES string of the molecule is CCc1cc(C(F)(F)F)[nH]c(=O)c1C(=O)NC1c2ccc(C)cc2Oc2cc(C)ccc21. The van der Waals surface area contributed by atoms with E-state index < -0.39 is 29.4 Å². The Balaban J connectivity index is 1.79. The maximum Gasteiger partial charge on any atom is 0.431 e. The van der Waals surface area contributed by atoms with Crippen LogP contribution in [0.25, 0.3) is 0 Å². The van der Waals surface area contributed by atoms with E-state index in [1.807, 2.05) is 50.2 Å². The van der Waals surface area contributed by atoms with E-state index in [-0.39, 0.29) is 17.5 Å². The van der Waals surface area contributed by atoms with E-state index in [9.17, 15) is 22.8 Å². The van der Waals surface area contributed by atoms with Crippen LogP contribution in [0.4, 0.5) is 13.2 Å². The second-order valence-corrected chi connectivity index (χ2v) is 7.85. The molecule has 4 rings (SSSR count). The highest BCUT2D eigenvalue weighted by atomic mass is 19.4. The van der Waals surface area contributed by atoms with Gasteiger partial charge in [0.1, 0.15) is 22.8 Å². The van der Waals surface area contributed by atoms with Crippen molar-refractivity contribution < 1.29 is 22.7 Å². The molecule has 1 aromatic heterocycles. The van der Waals surface area contributed by atoms with Gasteiger partial charge in [0, 0.05) is 11.1 Å². The molecule has 1 aliphatic rings. The van der Waals surface area contributed by atoms with E-state index in [0.717, 1.165) is 17.2 Å². The fraction of sp³-hybridized carbons (Fsp3) is 0.250. The predicted octanol–water partition coefficient (Wildman–Crippen LogP) is 5.20. The van der Waals surface area contributed by atoms with E-state index in [2.05, 4.69) is 5.32 Å². The van der Waals surface area contributed by atoms with Gasteiger partial charge in [0.05, 0.1) is 6.04 Å². The number of pyridine rings is 1. The van der Waals surface area contributed by atoms with Crippen LogP contribution in [0.2, 0.25) is 0 Å². The quantitative estimate of drug-likeness (QED) is 0.586. The molecule has 5 nitrogen and oxygen atoms in total. The van der Waals surface area contributed by atoms with Crippen LogP contribution in [0.1, 0.15) is 56.8 Å². The molecule has 3 aromatic rings. The van der Waals surface area contributed by atoms with Crippen LogP contribution in [0.3, 0.4) is 0 Å².